The van der Waals surface area contributed by atoms with Gasteiger partial charge in [0.1, 0.15) is 0 Å². The Morgan fingerprint density at radius 3 is 2.00 bits per heavy atom. The molecule has 6 heavy (non-hydrogen) atoms. The minimum atomic E-state index is 0. The first-order chi connectivity index (χ1) is 2.41. The minimum absolute atomic E-state index is 0. The molecule has 0 aromatic rings. The van der Waals surface area contributed by atoms with Crippen LogP contribution in [0.1, 0.15) is 0 Å². The van der Waals surface area contributed by atoms with Crippen molar-refractivity contribution >= 4 is 0 Å². The van der Waals surface area contributed by atoms with Gasteiger partial charge in [-0.1, -0.05) is 0 Å². The van der Waals surface area contributed by atoms with Crippen LogP contribution in [0.25, 0.3) is 0 Å². The Hall–Kier alpha value is 0.0383. The summed E-state index contributed by atoms with van der Waals surface area (Å²) in [5, 5.41) is 0. The predicted molar refractivity (Wildman–Crippen MR) is 24.7 cm³/mol. The van der Waals surface area contributed by atoms with Crippen LogP contribution in [-0.4, -0.2) is 0 Å². The molecule has 0 unspecified atom stereocenters. The summed E-state index contributed by atoms with van der Waals surface area (Å²) in [6.45, 7) is 6.85. The molecule has 0 heterocycles. The largest absolute Gasteiger partial charge is 0.245 e. The Labute approximate surface area is 53.2 Å². The van der Waals surface area contributed by atoms with Crippen LogP contribution in [0.2, 0.25) is 0 Å². The standard InChI is InChI=1S/C5H7.Mo/c1-3-5-4-2;/h3-5H,1-2H2;/q-1;. The first-order valence-electron chi connectivity index (χ1n) is 1.48. The maximum absolute atomic E-state index is 3.42. The van der Waals surface area contributed by atoms with Gasteiger partial charge in [0.25, 0.3) is 0 Å². The summed E-state index contributed by atoms with van der Waals surface area (Å²) in [6.07, 6.45) is 5.15. The Morgan fingerprint density at radius 1 is 1.50 bits per heavy atom. The van der Waals surface area contributed by atoms with Crippen LogP contribution in [0.3, 0.4) is 0 Å². The summed E-state index contributed by atoms with van der Waals surface area (Å²) in [5.74, 6) is 0. The molecule has 0 saturated heterocycles. The van der Waals surface area contributed by atoms with E-state index in [4.69, 9.17) is 0 Å². The molecule has 0 aliphatic heterocycles. The fourth-order valence-corrected chi connectivity index (χ4v) is 0.0962. The van der Waals surface area contributed by atoms with E-state index in [0.29, 0.717) is 0 Å². The van der Waals surface area contributed by atoms with Crippen LogP contribution in [-0.2, 0) is 21.1 Å². The van der Waals surface area contributed by atoms with Gasteiger partial charge in [-0.05, 0) is 0 Å². The van der Waals surface area contributed by atoms with E-state index in [9.17, 15) is 0 Å². The van der Waals surface area contributed by atoms with Gasteiger partial charge in [0, 0.05) is 21.1 Å². The molecular formula is C5H7Mo-. The van der Waals surface area contributed by atoms with Crippen molar-refractivity contribution in [3.8, 4) is 0 Å². The van der Waals surface area contributed by atoms with Crippen molar-refractivity contribution in [2.75, 3.05) is 0 Å². The van der Waals surface area contributed by atoms with Crippen molar-refractivity contribution in [2.24, 2.45) is 0 Å². The molecule has 0 amide bonds. The summed E-state index contributed by atoms with van der Waals surface area (Å²) in [5.41, 5.74) is 0. The molecule has 0 spiro atoms. The number of hydrogen-bond acceptors (Lipinski definition) is 0. The fourth-order valence-electron chi connectivity index (χ4n) is 0.0962. The fraction of sp³-hybridized carbons (Fsp3) is 0. The summed E-state index contributed by atoms with van der Waals surface area (Å²) in [4.78, 5) is 0. The van der Waals surface area contributed by atoms with Crippen LogP contribution in [0.4, 0.5) is 0 Å². The van der Waals surface area contributed by atoms with Gasteiger partial charge in [0.15, 0.2) is 0 Å². The molecule has 0 aliphatic rings. The first kappa shape index (κ1) is 9.40. The van der Waals surface area contributed by atoms with Crippen LogP contribution in [0.15, 0.2) is 24.8 Å². The van der Waals surface area contributed by atoms with E-state index in [1.807, 2.05) is 0 Å². The van der Waals surface area contributed by atoms with Gasteiger partial charge in [0.05, 0.1) is 0 Å². The third kappa shape index (κ3) is 8.97. The van der Waals surface area contributed by atoms with Gasteiger partial charge >= 0.3 is 0 Å². The van der Waals surface area contributed by atoms with Crippen LogP contribution in [0.5, 0.6) is 0 Å². The average molecular weight is 163 g/mol. The van der Waals surface area contributed by atoms with Crippen molar-refractivity contribution in [3.05, 3.63) is 31.7 Å². The van der Waals surface area contributed by atoms with Gasteiger partial charge in [-0.2, -0.15) is 6.08 Å². The monoisotopic (exact) mass is 165 g/mol. The summed E-state index contributed by atoms with van der Waals surface area (Å²) in [6, 6.07) is 0. The van der Waals surface area contributed by atoms with Crippen molar-refractivity contribution in [1.29, 1.82) is 0 Å². The third-order valence-electron chi connectivity index (χ3n) is 0.272. The topological polar surface area (TPSA) is 0 Å². The number of hydrogen-bond donors (Lipinski definition) is 0. The molecular weight excluding hydrogens is 156 g/mol. The number of allylic oxidation sites excluding steroid dienone is 3. The summed E-state index contributed by atoms with van der Waals surface area (Å²) < 4.78 is 0. The van der Waals surface area contributed by atoms with Crippen molar-refractivity contribution in [1.82, 2.24) is 0 Å². The molecule has 0 N–H and O–H groups in total. The molecule has 34 valence electrons. The van der Waals surface area contributed by atoms with Crippen molar-refractivity contribution in [2.45, 2.75) is 0 Å². The number of rotatable bonds is 1. The van der Waals surface area contributed by atoms with Crippen molar-refractivity contribution in [3.63, 3.8) is 0 Å². The molecule has 0 radical (unpaired) electrons. The van der Waals surface area contributed by atoms with E-state index in [0.717, 1.165) is 0 Å². The second-order valence-electron chi connectivity index (χ2n) is 0.664. The zero-order valence-electron chi connectivity index (χ0n) is 3.55. The first-order valence-corrected chi connectivity index (χ1v) is 1.48. The Bertz CT molecular complexity index is 45.9. The van der Waals surface area contributed by atoms with Crippen LogP contribution in [0, 0.1) is 6.92 Å². The van der Waals surface area contributed by atoms with Gasteiger partial charge in [-0.3, -0.25) is 0 Å². The van der Waals surface area contributed by atoms with E-state index >= 15 is 0 Å². The van der Waals surface area contributed by atoms with E-state index in [2.05, 4.69) is 13.5 Å². The van der Waals surface area contributed by atoms with E-state index in [-0.39, 0.29) is 21.1 Å². The maximum Gasteiger partial charge on any atom is 0 e. The van der Waals surface area contributed by atoms with E-state index < -0.39 is 0 Å². The predicted octanol–water partition coefficient (Wildman–Crippen LogP) is 1.56. The van der Waals surface area contributed by atoms with E-state index in [1.165, 1.54) is 0 Å². The van der Waals surface area contributed by atoms with Crippen molar-refractivity contribution < 1.29 is 21.1 Å². The second-order valence-corrected chi connectivity index (χ2v) is 0.664. The van der Waals surface area contributed by atoms with Gasteiger partial charge in [-0.25, -0.2) is 19.1 Å². The van der Waals surface area contributed by atoms with Crippen LogP contribution < -0.4 is 0 Å². The normalized spacial score (nSPS) is 7.33. The Kier molecular flexibility index (Phi) is 13.9. The molecule has 0 aliphatic carbocycles. The minimum Gasteiger partial charge on any atom is -0.245 e. The molecule has 0 fully saturated rings. The second kappa shape index (κ2) is 8.90. The quantitative estimate of drug-likeness (QED) is 0.312. The average Bonchev–Trinajstić information content (AvgIpc) is 1.41. The zero-order chi connectivity index (χ0) is 4.12. The molecule has 0 saturated carbocycles. The van der Waals surface area contributed by atoms with Gasteiger partial charge in [-0.15, -0.1) is 6.58 Å². The maximum atomic E-state index is 3.42. The summed E-state index contributed by atoms with van der Waals surface area (Å²) >= 11 is 0. The molecule has 0 nitrogen and oxygen atoms in total. The Morgan fingerprint density at radius 2 is 2.00 bits per heavy atom. The van der Waals surface area contributed by atoms with Gasteiger partial charge < -0.3 is 0 Å². The molecule has 0 aromatic heterocycles. The third-order valence-corrected chi connectivity index (χ3v) is 0.272. The molecule has 1 heteroatoms. The smallest absolute Gasteiger partial charge is 0 e. The van der Waals surface area contributed by atoms with Crippen LogP contribution >= 0.6 is 0 Å². The molecule has 0 bridgehead atoms. The van der Waals surface area contributed by atoms with Gasteiger partial charge in [0.2, 0.25) is 0 Å². The SMILES string of the molecule is C=CC=C[CH2-].[Mo]. The Balaban J connectivity index is 0. The summed E-state index contributed by atoms with van der Waals surface area (Å²) in [7, 11) is 0. The zero-order valence-corrected chi connectivity index (χ0v) is 5.56. The molecule has 0 aromatic carbocycles. The molecule has 0 atom stereocenters. The van der Waals surface area contributed by atoms with E-state index in [1.54, 1.807) is 18.2 Å². The molecule has 0 rings (SSSR count).